The van der Waals surface area contributed by atoms with Gasteiger partial charge in [0.05, 0.1) is 16.5 Å². The van der Waals surface area contributed by atoms with Crippen LogP contribution in [0.15, 0.2) is 5.03 Å². The Hall–Kier alpha value is -0.530. The summed E-state index contributed by atoms with van der Waals surface area (Å²) in [4.78, 5) is 0. The van der Waals surface area contributed by atoms with Crippen LogP contribution in [-0.4, -0.2) is 42.5 Å². The van der Waals surface area contributed by atoms with Crippen molar-refractivity contribution < 1.29 is 8.42 Å². The Morgan fingerprint density at radius 3 is 2.67 bits per heavy atom. The summed E-state index contributed by atoms with van der Waals surface area (Å²) < 4.78 is 24.1. The predicted molar refractivity (Wildman–Crippen MR) is 75.8 cm³/mol. The standard InChI is InChI=1S/C11H21N3O2S2/c1-5-12-8-10-9(2)13-14(3)11(10)17-6-7-18(4,15)16/h12H,5-8H2,1-4H3. The molecule has 1 N–H and O–H groups in total. The summed E-state index contributed by atoms with van der Waals surface area (Å²) in [7, 11) is -1.00. The van der Waals surface area contributed by atoms with Gasteiger partial charge in [-0.15, -0.1) is 11.8 Å². The second-order valence-corrected chi connectivity index (χ2v) is 7.59. The number of aryl methyl sites for hydroxylation is 2. The largest absolute Gasteiger partial charge is 0.313 e. The van der Waals surface area contributed by atoms with Crippen molar-refractivity contribution in [2.24, 2.45) is 7.05 Å². The molecular weight excluding hydrogens is 270 g/mol. The van der Waals surface area contributed by atoms with Crippen molar-refractivity contribution in [3.8, 4) is 0 Å². The minimum atomic E-state index is -2.90. The van der Waals surface area contributed by atoms with Crippen LogP contribution >= 0.6 is 11.8 Å². The third-order valence-corrected chi connectivity index (χ3v) is 4.93. The molecule has 7 heteroatoms. The van der Waals surface area contributed by atoms with Crippen LogP contribution in [0.25, 0.3) is 0 Å². The molecule has 0 saturated heterocycles. The van der Waals surface area contributed by atoms with E-state index in [2.05, 4.69) is 17.3 Å². The molecule has 0 saturated carbocycles. The quantitative estimate of drug-likeness (QED) is 0.759. The van der Waals surface area contributed by atoms with E-state index in [4.69, 9.17) is 0 Å². The van der Waals surface area contributed by atoms with E-state index in [9.17, 15) is 8.42 Å². The van der Waals surface area contributed by atoms with Gasteiger partial charge in [-0.25, -0.2) is 8.42 Å². The summed E-state index contributed by atoms with van der Waals surface area (Å²) in [5.74, 6) is 0.763. The topological polar surface area (TPSA) is 64.0 Å². The zero-order valence-corrected chi connectivity index (χ0v) is 13.0. The first-order valence-corrected chi connectivity index (χ1v) is 8.93. The molecule has 0 aliphatic carbocycles. The lowest BCUT2D eigenvalue weighted by Gasteiger charge is -2.06. The molecular formula is C11H21N3O2S2. The molecule has 1 aromatic heterocycles. The van der Waals surface area contributed by atoms with E-state index in [0.29, 0.717) is 5.75 Å². The average molecular weight is 291 g/mol. The van der Waals surface area contributed by atoms with Gasteiger partial charge in [0.25, 0.3) is 0 Å². The summed E-state index contributed by atoms with van der Waals surface area (Å²) in [5.41, 5.74) is 2.16. The van der Waals surface area contributed by atoms with Crippen LogP contribution in [0.3, 0.4) is 0 Å². The van der Waals surface area contributed by atoms with Crippen LogP contribution in [0.5, 0.6) is 0 Å². The first kappa shape index (κ1) is 15.5. The van der Waals surface area contributed by atoms with Gasteiger partial charge in [0.2, 0.25) is 0 Å². The summed E-state index contributed by atoms with van der Waals surface area (Å²) >= 11 is 1.55. The van der Waals surface area contributed by atoms with E-state index in [1.54, 1.807) is 11.8 Å². The van der Waals surface area contributed by atoms with Crippen molar-refractivity contribution in [1.29, 1.82) is 0 Å². The van der Waals surface area contributed by atoms with Crippen molar-refractivity contribution in [3.63, 3.8) is 0 Å². The Balaban J connectivity index is 2.74. The van der Waals surface area contributed by atoms with Crippen LogP contribution in [0.2, 0.25) is 0 Å². The van der Waals surface area contributed by atoms with Crippen molar-refractivity contribution in [1.82, 2.24) is 15.1 Å². The minimum absolute atomic E-state index is 0.197. The van der Waals surface area contributed by atoms with Crippen molar-refractivity contribution in [2.75, 3.05) is 24.3 Å². The van der Waals surface area contributed by atoms with Gasteiger partial charge in [0, 0.05) is 31.2 Å². The average Bonchev–Trinajstić information content (AvgIpc) is 2.50. The predicted octanol–water partition coefficient (Wildman–Crippen LogP) is 0.975. The molecule has 0 unspecified atom stereocenters. The highest BCUT2D eigenvalue weighted by Crippen LogP contribution is 2.24. The van der Waals surface area contributed by atoms with Crippen molar-refractivity contribution in [2.45, 2.75) is 25.4 Å². The van der Waals surface area contributed by atoms with Gasteiger partial charge < -0.3 is 5.32 Å². The van der Waals surface area contributed by atoms with Gasteiger partial charge in [-0.2, -0.15) is 5.10 Å². The second kappa shape index (κ2) is 6.58. The van der Waals surface area contributed by atoms with Crippen LogP contribution in [0.1, 0.15) is 18.2 Å². The Kier molecular flexibility index (Phi) is 5.68. The molecule has 1 aromatic rings. The van der Waals surface area contributed by atoms with Gasteiger partial charge in [-0.3, -0.25) is 4.68 Å². The fraction of sp³-hybridized carbons (Fsp3) is 0.727. The van der Waals surface area contributed by atoms with E-state index in [-0.39, 0.29) is 5.75 Å². The zero-order chi connectivity index (χ0) is 13.8. The molecule has 18 heavy (non-hydrogen) atoms. The first-order chi connectivity index (χ1) is 8.35. The Bertz CT molecular complexity index is 495. The highest BCUT2D eigenvalue weighted by atomic mass is 32.2. The maximum absolute atomic E-state index is 11.1. The molecule has 0 amide bonds. The molecule has 0 aromatic carbocycles. The highest BCUT2D eigenvalue weighted by molar-refractivity contribution is 8.00. The number of hydrogen-bond donors (Lipinski definition) is 1. The summed E-state index contributed by atoms with van der Waals surface area (Å²) in [6, 6.07) is 0. The molecule has 0 spiro atoms. The number of nitrogens with zero attached hydrogens (tertiary/aromatic N) is 2. The van der Waals surface area contributed by atoms with Crippen LogP contribution in [0.4, 0.5) is 0 Å². The number of hydrogen-bond acceptors (Lipinski definition) is 5. The third-order valence-electron chi connectivity index (χ3n) is 2.53. The molecule has 0 aliphatic heterocycles. The number of rotatable bonds is 7. The molecule has 0 atom stereocenters. The lowest BCUT2D eigenvalue weighted by atomic mass is 10.2. The van der Waals surface area contributed by atoms with Gasteiger partial charge in [0.15, 0.2) is 0 Å². The summed E-state index contributed by atoms with van der Waals surface area (Å²) in [5, 5.41) is 8.72. The number of thioether (sulfide) groups is 1. The SMILES string of the molecule is CCNCc1c(C)nn(C)c1SCCS(C)(=O)=O. The fourth-order valence-corrected chi connectivity index (χ4v) is 3.96. The number of nitrogens with one attached hydrogen (secondary N) is 1. The lowest BCUT2D eigenvalue weighted by Crippen LogP contribution is -2.13. The molecule has 0 radical (unpaired) electrons. The first-order valence-electron chi connectivity index (χ1n) is 5.89. The molecule has 5 nitrogen and oxygen atoms in total. The maximum Gasteiger partial charge on any atom is 0.148 e. The van der Waals surface area contributed by atoms with Crippen LogP contribution in [-0.2, 0) is 23.4 Å². The van der Waals surface area contributed by atoms with E-state index in [1.165, 1.54) is 6.26 Å². The Morgan fingerprint density at radius 2 is 2.11 bits per heavy atom. The molecule has 0 bridgehead atoms. The normalized spacial score (nSPS) is 12.0. The van der Waals surface area contributed by atoms with E-state index < -0.39 is 9.84 Å². The van der Waals surface area contributed by atoms with Gasteiger partial charge in [-0.05, 0) is 13.5 Å². The molecule has 0 fully saturated rings. The van der Waals surface area contributed by atoms with Crippen LogP contribution in [0, 0.1) is 6.92 Å². The van der Waals surface area contributed by atoms with Crippen molar-refractivity contribution in [3.05, 3.63) is 11.3 Å². The van der Waals surface area contributed by atoms with E-state index in [1.807, 2.05) is 18.7 Å². The Morgan fingerprint density at radius 1 is 1.44 bits per heavy atom. The van der Waals surface area contributed by atoms with Gasteiger partial charge in [0.1, 0.15) is 9.84 Å². The van der Waals surface area contributed by atoms with Gasteiger partial charge in [-0.1, -0.05) is 6.92 Å². The molecule has 1 rings (SSSR count). The summed E-state index contributed by atoms with van der Waals surface area (Å²) in [6.45, 7) is 5.72. The number of sulfone groups is 1. The maximum atomic E-state index is 11.1. The highest BCUT2D eigenvalue weighted by Gasteiger charge is 2.14. The zero-order valence-electron chi connectivity index (χ0n) is 11.4. The monoisotopic (exact) mass is 291 g/mol. The van der Waals surface area contributed by atoms with E-state index >= 15 is 0 Å². The second-order valence-electron chi connectivity index (χ2n) is 4.25. The number of aromatic nitrogens is 2. The molecule has 104 valence electrons. The van der Waals surface area contributed by atoms with Gasteiger partial charge >= 0.3 is 0 Å². The third kappa shape index (κ3) is 4.62. The minimum Gasteiger partial charge on any atom is -0.313 e. The summed E-state index contributed by atoms with van der Waals surface area (Å²) in [6.07, 6.45) is 1.27. The van der Waals surface area contributed by atoms with E-state index in [0.717, 1.165) is 29.4 Å². The Labute approximate surface area is 113 Å². The van der Waals surface area contributed by atoms with Crippen molar-refractivity contribution >= 4 is 21.6 Å². The fourth-order valence-electron chi connectivity index (χ4n) is 1.60. The smallest absolute Gasteiger partial charge is 0.148 e. The lowest BCUT2D eigenvalue weighted by molar-refractivity contribution is 0.603. The van der Waals surface area contributed by atoms with Crippen LogP contribution < -0.4 is 5.32 Å². The molecule has 0 aliphatic rings. The molecule has 1 heterocycles.